The van der Waals surface area contributed by atoms with Crippen LogP contribution in [-0.2, 0) is 26.6 Å². The molecule has 0 radical (unpaired) electrons. The van der Waals surface area contributed by atoms with Gasteiger partial charge in [0.1, 0.15) is 0 Å². The molecule has 0 aliphatic rings. The Bertz CT molecular complexity index is 896. The van der Waals surface area contributed by atoms with E-state index in [1.165, 1.54) is 0 Å². The summed E-state index contributed by atoms with van der Waals surface area (Å²) in [4.78, 5) is 4.34. The van der Waals surface area contributed by atoms with Crippen molar-refractivity contribution in [2.24, 2.45) is 0 Å². The Hall–Kier alpha value is -2.22. The number of benzene rings is 2. The second-order valence-corrected chi connectivity index (χ2v) is 6.30. The van der Waals surface area contributed by atoms with Crippen LogP contribution in [0, 0.1) is 12.1 Å². The van der Waals surface area contributed by atoms with Gasteiger partial charge in [0.2, 0.25) is 0 Å². The van der Waals surface area contributed by atoms with Gasteiger partial charge in [-0.25, -0.2) is 5.56 Å². The van der Waals surface area contributed by atoms with Gasteiger partial charge in [-0.15, -0.1) is 23.8 Å². The van der Waals surface area contributed by atoms with Gasteiger partial charge in [-0.05, 0) is 6.07 Å². The minimum absolute atomic E-state index is 0. The Morgan fingerprint density at radius 3 is 2.00 bits per heavy atom. The minimum Gasteiger partial charge on any atom is -0.295 e. The largest absolute Gasteiger partial charge is 2.00 e. The van der Waals surface area contributed by atoms with Gasteiger partial charge in [0.15, 0.2) is 0 Å². The molecule has 0 fully saturated rings. The fraction of sp³-hybridized carbons (Fsp3) is 0.0556. The zero-order valence-electron chi connectivity index (χ0n) is 13.4. The normalized spacial score (nSPS) is 11.0. The maximum atomic E-state index is 10.7. The molecule has 1 aromatic heterocycles. The van der Waals surface area contributed by atoms with E-state index >= 15 is 0 Å². The topological polar surface area (TPSA) is 67.3 Å². The monoisotopic (exact) mass is 437 g/mol. The summed E-state index contributed by atoms with van der Waals surface area (Å²) in [5, 5.41) is 0. The van der Waals surface area contributed by atoms with Gasteiger partial charge >= 0.3 is 32.1 Å². The minimum atomic E-state index is -5.84. The van der Waals surface area contributed by atoms with Gasteiger partial charge in [0.25, 0.3) is 0 Å². The first-order valence-electron chi connectivity index (χ1n) is 7.13. The maximum Gasteiger partial charge on any atom is 2.00 e. The van der Waals surface area contributed by atoms with Crippen LogP contribution in [0.1, 0.15) is 0 Å². The van der Waals surface area contributed by atoms with Crippen LogP contribution in [0.15, 0.2) is 66.9 Å². The van der Waals surface area contributed by atoms with Gasteiger partial charge in [0, 0.05) is 11.9 Å². The van der Waals surface area contributed by atoms with Crippen molar-refractivity contribution in [3.8, 4) is 22.4 Å². The van der Waals surface area contributed by atoms with Gasteiger partial charge in [-0.1, -0.05) is 12.1 Å². The predicted molar refractivity (Wildman–Crippen MR) is 90.4 cm³/mol. The number of aromatic nitrogens is 1. The Kier molecular flexibility index (Phi) is 8.15. The standard InChI is InChI=1S/C17H11N.CHF3O3S.Ni/c1-2-7-14(8-3-1)15-9-6-10-16(13-15)17-11-4-5-12-18-17;2-1(3,4)8(5,6)7;/h1-7,9-12H;(H,5,6,7);/q-2;;+2. The molecule has 1 heterocycles. The molecular weight excluding hydrogens is 426 g/mol. The average molecular weight is 438 g/mol. The zero-order valence-corrected chi connectivity index (χ0v) is 15.2. The molecular formula is C18H12F3NNiO3S. The SMILES string of the molecule is O=S(=O)(O)C(F)(F)F.[Ni+2].[c-]1ccccc1-c1[c-]c(-c2ccccn2)ccc1. The van der Waals surface area contributed by atoms with E-state index < -0.39 is 15.6 Å². The quantitative estimate of drug-likeness (QED) is 0.279. The first-order valence-corrected chi connectivity index (χ1v) is 8.57. The van der Waals surface area contributed by atoms with E-state index in [0.717, 1.165) is 22.4 Å². The molecule has 2 aromatic carbocycles. The van der Waals surface area contributed by atoms with E-state index in [0.29, 0.717) is 0 Å². The molecule has 9 heteroatoms. The summed E-state index contributed by atoms with van der Waals surface area (Å²) in [6.07, 6.45) is 1.80. The van der Waals surface area contributed by atoms with Crippen molar-refractivity contribution >= 4 is 10.1 Å². The number of hydrogen-bond acceptors (Lipinski definition) is 3. The van der Waals surface area contributed by atoms with E-state index in [-0.39, 0.29) is 16.5 Å². The summed E-state index contributed by atoms with van der Waals surface area (Å²) < 4.78 is 57.5. The summed E-state index contributed by atoms with van der Waals surface area (Å²) in [5.74, 6) is 0. The number of alkyl halides is 3. The van der Waals surface area contributed by atoms with E-state index in [1.807, 2.05) is 60.7 Å². The van der Waals surface area contributed by atoms with Crippen LogP contribution in [0.5, 0.6) is 0 Å². The summed E-state index contributed by atoms with van der Waals surface area (Å²) in [6.45, 7) is 0. The first kappa shape index (κ1) is 22.8. The molecule has 0 saturated heterocycles. The molecule has 0 spiro atoms. The molecule has 0 amide bonds. The van der Waals surface area contributed by atoms with Crippen molar-refractivity contribution in [2.75, 3.05) is 0 Å². The second-order valence-electron chi connectivity index (χ2n) is 4.89. The fourth-order valence-electron chi connectivity index (χ4n) is 1.86. The molecule has 1 N–H and O–H groups in total. The van der Waals surface area contributed by atoms with Crippen LogP contribution in [0.2, 0.25) is 0 Å². The fourth-order valence-corrected chi connectivity index (χ4v) is 1.86. The van der Waals surface area contributed by atoms with E-state index in [1.54, 1.807) is 6.20 Å². The number of rotatable bonds is 2. The van der Waals surface area contributed by atoms with Gasteiger partial charge in [-0.2, -0.15) is 63.6 Å². The van der Waals surface area contributed by atoms with Crippen molar-refractivity contribution in [3.05, 3.63) is 79.0 Å². The van der Waals surface area contributed by atoms with Crippen molar-refractivity contribution < 1.29 is 42.6 Å². The third-order valence-corrected chi connectivity index (χ3v) is 3.61. The zero-order chi connectivity index (χ0) is 19.2. The Morgan fingerprint density at radius 2 is 1.48 bits per heavy atom. The molecule has 0 saturated carbocycles. The van der Waals surface area contributed by atoms with Gasteiger partial charge < -0.3 is 0 Å². The van der Waals surface area contributed by atoms with E-state index in [9.17, 15) is 13.2 Å². The molecule has 4 nitrogen and oxygen atoms in total. The molecule has 3 aromatic rings. The number of pyridine rings is 1. The van der Waals surface area contributed by atoms with Crippen molar-refractivity contribution in [1.82, 2.24) is 4.98 Å². The predicted octanol–water partition coefficient (Wildman–Crippen LogP) is 4.41. The molecule has 0 unspecified atom stereocenters. The third-order valence-electron chi connectivity index (χ3n) is 3.03. The molecule has 3 rings (SSSR count). The van der Waals surface area contributed by atoms with Crippen LogP contribution < -0.4 is 0 Å². The smallest absolute Gasteiger partial charge is 0.295 e. The second kappa shape index (κ2) is 9.64. The number of halogens is 3. The Balaban J connectivity index is 0.000000350. The van der Waals surface area contributed by atoms with Crippen molar-refractivity contribution in [3.63, 3.8) is 0 Å². The molecule has 0 atom stereocenters. The molecule has 0 bridgehead atoms. The van der Waals surface area contributed by atoms with E-state index in [2.05, 4.69) is 17.1 Å². The maximum absolute atomic E-state index is 10.7. The van der Waals surface area contributed by atoms with Crippen LogP contribution >= 0.6 is 0 Å². The Morgan fingerprint density at radius 1 is 0.889 bits per heavy atom. The summed E-state index contributed by atoms with van der Waals surface area (Å²) in [6, 6.07) is 26.5. The van der Waals surface area contributed by atoms with Crippen LogP contribution in [0.25, 0.3) is 22.4 Å². The Labute approximate surface area is 164 Å². The van der Waals surface area contributed by atoms with Crippen LogP contribution in [0.4, 0.5) is 13.2 Å². The molecule has 144 valence electrons. The first-order chi connectivity index (χ1) is 12.2. The van der Waals surface area contributed by atoms with Crippen LogP contribution in [0.3, 0.4) is 0 Å². The number of nitrogens with zero attached hydrogens (tertiary/aromatic N) is 1. The molecule has 0 aliphatic heterocycles. The van der Waals surface area contributed by atoms with Crippen molar-refractivity contribution in [2.45, 2.75) is 5.51 Å². The molecule has 0 aliphatic carbocycles. The van der Waals surface area contributed by atoms with Crippen LogP contribution in [-0.4, -0.2) is 23.5 Å². The number of hydrogen-bond donors (Lipinski definition) is 1. The summed E-state index contributed by atoms with van der Waals surface area (Å²) in [5.41, 5.74) is -1.50. The third kappa shape index (κ3) is 6.79. The van der Waals surface area contributed by atoms with E-state index in [4.69, 9.17) is 13.0 Å². The van der Waals surface area contributed by atoms with Gasteiger partial charge in [0.05, 0.1) is 0 Å². The van der Waals surface area contributed by atoms with Gasteiger partial charge in [-0.3, -0.25) is 9.54 Å². The molecule has 27 heavy (non-hydrogen) atoms. The summed E-state index contributed by atoms with van der Waals surface area (Å²) in [7, 11) is -5.84. The average Bonchev–Trinajstić information content (AvgIpc) is 2.62. The van der Waals surface area contributed by atoms with Crippen molar-refractivity contribution in [1.29, 1.82) is 0 Å². The summed E-state index contributed by atoms with van der Waals surface area (Å²) >= 11 is 0.